The maximum absolute atomic E-state index is 12.4. The average Bonchev–Trinajstić information content (AvgIpc) is 2.41. The second-order valence-corrected chi connectivity index (χ2v) is 4.83. The van der Waals surface area contributed by atoms with E-state index in [2.05, 4.69) is 0 Å². The Kier molecular flexibility index (Phi) is 3.87. The summed E-state index contributed by atoms with van der Waals surface area (Å²) in [5, 5.41) is 0. The number of ether oxygens (including phenoxy) is 1. The number of carbonyl (C=O) groups is 1. The van der Waals surface area contributed by atoms with Crippen LogP contribution >= 0.6 is 0 Å². The highest BCUT2D eigenvalue weighted by Crippen LogP contribution is 2.18. The van der Waals surface area contributed by atoms with Crippen molar-refractivity contribution in [3.8, 4) is 0 Å². The number of nitrogens with two attached hydrogens (primary N) is 1. The molecule has 1 amide bonds. The van der Waals surface area contributed by atoms with E-state index in [-0.39, 0.29) is 11.9 Å². The van der Waals surface area contributed by atoms with Gasteiger partial charge in [-0.15, -0.1) is 0 Å². The first-order chi connectivity index (χ1) is 8.59. The SMILES string of the molecule is Cc1cc(C(=O)N(C)C2CCOCC2)ccc1N. The van der Waals surface area contributed by atoms with Crippen molar-refractivity contribution >= 4 is 11.6 Å². The van der Waals surface area contributed by atoms with E-state index in [1.165, 1.54) is 0 Å². The van der Waals surface area contributed by atoms with Crippen molar-refractivity contribution in [1.29, 1.82) is 0 Å². The Labute approximate surface area is 108 Å². The fourth-order valence-corrected chi connectivity index (χ4v) is 2.25. The molecule has 0 unspecified atom stereocenters. The third-order valence-electron chi connectivity index (χ3n) is 3.58. The zero-order valence-corrected chi connectivity index (χ0v) is 11.0. The number of amides is 1. The summed E-state index contributed by atoms with van der Waals surface area (Å²) in [5.41, 5.74) is 8.14. The minimum atomic E-state index is 0.0602. The van der Waals surface area contributed by atoms with Gasteiger partial charge in [0.25, 0.3) is 5.91 Å². The molecule has 0 spiro atoms. The molecule has 0 radical (unpaired) electrons. The van der Waals surface area contributed by atoms with E-state index >= 15 is 0 Å². The van der Waals surface area contributed by atoms with Gasteiger partial charge in [-0.3, -0.25) is 4.79 Å². The smallest absolute Gasteiger partial charge is 0.253 e. The Bertz CT molecular complexity index is 439. The molecule has 0 aliphatic carbocycles. The van der Waals surface area contributed by atoms with E-state index in [4.69, 9.17) is 10.5 Å². The number of hydrogen-bond donors (Lipinski definition) is 1. The largest absolute Gasteiger partial charge is 0.399 e. The van der Waals surface area contributed by atoms with Gasteiger partial charge in [-0.2, -0.15) is 0 Å². The number of nitrogens with zero attached hydrogens (tertiary/aromatic N) is 1. The Balaban J connectivity index is 2.11. The molecule has 0 aromatic heterocycles. The summed E-state index contributed by atoms with van der Waals surface area (Å²) >= 11 is 0. The standard InChI is InChI=1S/C14H20N2O2/c1-10-9-11(3-4-13(10)15)14(17)16(2)12-5-7-18-8-6-12/h3-4,9,12H,5-8,15H2,1-2H3. The number of hydrogen-bond acceptors (Lipinski definition) is 3. The number of benzene rings is 1. The van der Waals surface area contributed by atoms with Gasteiger partial charge in [-0.1, -0.05) is 0 Å². The van der Waals surface area contributed by atoms with Gasteiger partial charge in [0.2, 0.25) is 0 Å². The van der Waals surface area contributed by atoms with Crippen LogP contribution in [0.1, 0.15) is 28.8 Å². The molecule has 0 atom stereocenters. The molecule has 1 saturated heterocycles. The third-order valence-corrected chi connectivity index (χ3v) is 3.58. The number of aryl methyl sites for hydroxylation is 1. The van der Waals surface area contributed by atoms with E-state index in [0.717, 1.165) is 37.3 Å². The van der Waals surface area contributed by atoms with Crippen LogP contribution in [0.4, 0.5) is 5.69 Å². The van der Waals surface area contributed by atoms with Crippen LogP contribution in [0.25, 0.3) is 0 Å². The second kappa shape index (κ2) is 5.40. The zero-order valence-electron chi connectivity index (χ0n) is 11.0. The quantitative estimate of drug-likeness (QED) is 0.812. The first-order valence-corrected chi connectivity index (χ1v) is 6.30. The first kappa shape index (κ1) is 12.9. The second-order valence-electron chi connectivity index (χ2n) is 4.83. The normalized spacial score (nSPS) is 16.6. The summed E-state index contributed by atoms with van der Waals surface area (Å²) in [6, 6.07) is 5.72. The number of carbonyl (C=O) groups excluding carboxylic acids is 1. The van der Waals surface area contributed by atoms with Gasteiger partial charge in [0.1, 0.15) is 0 Å². The molecule has 1 heterocycles. The molecule has 0 bridgehead atoms. The third kappa shape index (κ3) is 2.64. The molecule has 1 aliphatic rings. The molecule has 1 aromatic rings. The van der Waals surface area contributed by atoms with Crippen molar-refractivity contribution in [2.75, 3.05) is 26.0 Å². The van der Waals surface area contributed by atoms with Crippen molar-refractivity contribution in [2.45, 2.75) is 25.8 Å². The van der Waals surface area contributed by atoms with Crippen molar-refractivity contribution < 1.29 is 9.53 Å². The summed E-state index contributed by atoms with van der Waals surface area (Å²) in [5.74, 6) is 0.0602. The number of anilines is 1. The summed E-state index contributed by atoms with van der Waals surface area (Å²) in [7, 11) is 1.87. The Morgan fingerprint density at radius 3 is 2.67 bits per heavy atom. The molecule has 18 heavy (non-hydrogen) atoms. The van der Waals surface area contributed by atoms with Crippen molar-refractivity contribution in [2.24, 2.45) is 0 Å². The summed E-state index contributed by atoms with van der Waals surface area (Å²) in [4.78, 5) is 14.2. The van der Waals surface area contributed by atoms with Crippen molar-refractivity contribution in [3.05, 3.63) is 29.3 Å². The molecular formula is C14H20N2O2. The molecule has 2 N–H and O–H groups in total. The van der Waals surface area contributed by atoms with Gasteiger partial charge in [0, 0.05) is 37.6 Å². The van der Waals surface area contributed by atoms with Crippen LogP contribution in [-0.4, -0.2) is 37.1 Å². The van der Waals surface area contributed by atoms with Gasteiger partial charge < -0.3 is 15.4 Å². The fraction of sp³-hybridized carbons (Fsp3) is 0.500. The molecule has 4 nitrogen and oxygen atoms in total. The van der Waals surface area contributed by atoms with Crippen LogP contribution in [0.3, 0.4) is 0 Å². The Hall–Kier alpha value is -1.55. The van der Waals surface area contributed by atoms with Gasteiger partial charge in [-0.05, 0) is 43.5 Å². The highest BCUT2D eigenvalue weighted by Gasteiger charge is 2.23. The number of rotatable bonds is 2. The lowest BCUT2D eigenvalue weighted by atomic mass is 10.0. The van der Waals surface area contributed by atoms with Crippen LogP contribution < -0.4 is 5.73 Å². The molecule has 1 aliphatic heterocycles. The summed E-state index contributed by atoms with van der Waals surface area (Å²) in [6.07, 6.45) is 1.83. The van der Waals surface area contributed by atoms with Gasteiger partial charge in [-0.25, -0.2) is 0 Å². The van der Waals surface area contributed by atoms with Crippen molar-refractivity contribution in [1.82, 2.24) is 4.90 Å². The van der Waals surface area contributed by atoms with E-state index < -0.39 is 0 Å². The zero-order chi connectivity index (χ0) is 13.1. The van der Waals surface area contributed by atoms with E-state index in [1.807, 2.05) is 24.9 Å². The van der Waals surface area contributed by atoms with Crippen LogP contribution in [-0.2, 0) is 4.74 Å². The lowest BCUT2D eigenvalue weighted by Gasteiger charge is -2.31. The van der Waals surface area contributed by atoms with E-state index in [9.17, 15) is 4.79 Å². The maximum Gasteiger partial charge on any atom is 0.253 e. The van der Waals surface area contributed by atoms with E-state index in [1.54, 1.807) is 12.1 Å². The minimum absolute atomic E-state index is 0.0602. The predicted octanol–water partition coefficient (Wildman–Crippen LogP) is 1.83. The topological polar surface area (TPSA) is 55.6 Å². The van der Waals surface area contributed by atoms with Crippen LogP contribution in [0, 0.1) is 6.92 Å². The van der Waals surface area contributed by atoms with Gasteiger partial charge in [0.05, 0.1) is 0 Å². The number of nitrogen functional groups attached to an aromatic ring is 1. The monoisotopic (exact) mass is 248 g/mol. The van der Waals surface area contributed by atoms with Crippen LogP contribution in [0.2, 0.25) is 0 Å². The Morgan fingerprint density at radius 2 is 2.06 bits per heavy atom. The molecule has 98 valence electrons. The molecule has 4 heteroatoms. The van der Waals surface area contributed by atoms with Crippen LogP contribution in [0.5, 0.6) is 0 Å². The lowest BCUT2D eigenvalue weighted by molar-refractivity contribution is 0.0362. The molecule has 2 rings (SSSR count). The van der Waals surface area contributed by atoms with Crippen molar-refractivity contribution in [3.63, 3.8) is 0 Å². The summed E-state index contributed by atoms with van der Waals surface area (Å²) < 4.78 is 5.32. The highest BCUT2D eigenvalue weighted by atomic mass is 16.5. The minimum Gasteiger partial charge on any atom is -0.399 e. The molecule has 1 fully saturated rings. The summed E-state index contributed by atoms with van der Waals surface area (Å²) in [6.45, 7) is 3.40. The van der Waals surface area contributed by atoms with Gasteiger partial charge in [0.15, 0.2) is 0 Å². The molecule has 0 saturated carbocycles. The average molecular weight is 248 g/mol. The molecular weight excluding hydrogens is 228 g/mol. The maximum atomic E-state index is 12.4. The molecule has 1 aromatic carbocycles. The fourth-order valence-electron chi connectivity index (χ4n) is 2.25. The van der Waals surface area contributed by atoms with Crippen LogP contribution in [0.15, 0.2) is 18.2 Å². The lowest BCUT2D eigenvalue weighted by Crippen LogP contribution is -2.40. The first-order valence-electron chi connectivity index (χ1n) is 6.30. The van der Waals surface area contributed by atoms with Gasteiger partial charge >= 0.3 is 0 Å². The highest BCUT2D eigenvalue weighted by molar-refractivity contribution is 5.94. The Morgan fingerprint density at radius 1 is 1.39 bits per heavy atom. The predicted molar refractivity (Wildman–Crippen MR) is 71.5 cm³/mol. The van der Waals surface area contributed by atoms with E-state index in [0.29, 0.717) is 5.56 Å².